The van der Waals surface area contributed by atoms with Gasteiger partial charge in [-0.15, -0.1) is 17.7 Å². The number of aliphatic carboxylic acids is 1. The Kier molecular flexibility index (Phi) is 8.00. The predicted molar refractivity (Wildman–Crippen MR) is 128 cm³/mol. The molecule has 3 N–H and O–H groups in total. The van der Waals surface area contributed by atoms with Crippen LogP contribution in [0.3, 0.4) is 0 Å². The lowest BCUT2D eigenvalue weighted by Crippen LogP contribution is -2.34. The second-order valence-electron chi connectivity index (χ2n) is 7.59. The number of aryl methyl sites for hydroxylation is 2. The first-order chi connectivity index (χ1) is 15.0. The molecule has 1 atom stereocenters. The standard InChI is InChI=1S/C22H30N6O2S/c1-16-7-3-8-17(2)21(16)27(13-5-11-20(29)30)14-6-12-23-18-9-4-10-19(15-18)28-22(31)24-25-26-28/h3-4,7-10,15,22-23,31H,5-6,11-14H2,1-2H3,(H,24,26)(H,29,30). The van der Waals surface area contributed by atoms with E-state index in [1.165, 1.54) is 16.8 Å². The molecule has 1 aliphatic heterocycles. The molecule has 1 aliphatic rings. The molecule has 0 bridgehead atoms. The summed E-state index contributed by atoms with van der Waals surface area (Å²) in [6.45, 7) is 6.59. The minimum absolute atomic E-state index is 0.182. The summed E-state index contributed by atoms with van der Waals surface area (Å²) in [7, 11) is 0. The number of para-hydroxylation sites is 1. The van der Waals surface area contributed by atoms with E-state index >= 15 is 0 Å². The van der Waals surface area contributed by atoms with Crippen LogP contribution in [-0.2, 0) is 4.79 Å². The molecule has 1 heterocycles. The maximum absolute atomic E-state index is 11.0. The van der Waals surface area contributed by atoms with E-state index in [0.29, 0.717) is 6.42 Å². The van der Waals surface area contributed by atoms with Crippen LogP contribution in [0.4, 0.5) is 17.1 Å². The number of carboxylic acid groups (broad SMARTS) is 1. The SMILES string of the molecule is Cc1cccc(C)c1N(CCCNc1cccc(N2NN=NC2S)c1)CCCC(=O)O. The third-order valence-electron chi connectivity index (χ3n) is 5.18. The summed E-state index contributed by atoms with van der Waals surface area (Å²) in [6.07, 6.45) is 1.73. The summed E-state index contributed by atoms with van der Waals surface area (Å²) >= 11 is 4.37. The molecule has 0 aromatic heterocycles. The third kappa shape index (κ3) is 6.27. The zero-order valence-electron chi connectivity index (χ0n) is 18.0. The Labute approximate surface area is 188 Å². The molecule has 0 aliphatic carbocycles. The van der Waals surface area contributed by atoms with Gasteiger partial charge in [-0.3, -0.25) is 4.79 Å². The highest BCUT2D eigenvalue weighted by Crippen LogP contribution is 2.26. The van der Waals surface area contributed by atoms with Crippen molar-refractivity contribution in [2.45, 2.75) is 38.6 Å². The Balaban J connectivity index is 1.57. The summed E-state index contributed by atoms with van der Waals surface area (Å²) in [4.78, 5) is 13.3. The van der Waals surface area contributed by atoms with Gasteiger partial charge in [0.1, 0.15) is 0 Å². The van der Waals surface area contributed by atoms with Crippen LogP contribution < -0.4 is 20.8 Å². The van der Waals surface area contributed by atoms with Crippen LogP contribution in [-0.4, -0.2) is 36.2 Å². The van der Waals surface area contributed by atoms with Gasteiger partial charge in [-0.05, 0) is 56.0 Å². The van der Waals surface area contributed by atoms with Crippen molar-refractivity contribution >= 4 is 35.7 Å². The predicted octanol–water partition coefficient (Wildman–Crippen LogP) is 4.38. The summed E-state index contributed by atoms with van der Waals surface area (Å²) in [5, 5.41) is 22.0. The van der Waals surface area contributed by atoms with E-state index in [9.17, 15) is 4.79 Å². The molecule has 0 amide bonds. The maximum Gasteiger partial charge on any atom is 0.303 e. The van der Waals surface area contributed by atoms with E-state index in [0.717, 1.165) is 37.4 Å². The van der Waals surface area contributed by atoms with Crippen LogP contribution in [0.15, 0.2) is 52.8 Å². The minimum Gasteiger partial charge on any atom is -0.481 e. The van der Waals surface area contributed by atoms with Gasteiger partial charge in [-0.2, -0.15) is 5.53 Å². The molecule has 1 unspecified atom stereocenters. The van der Waals surface area contributed by atoms with E-state index < -0.39 is 5.97 Å². The highest BCUT2D eigenvalue weighted by molar-refractivity contribution is 7.81. The topological polar surface area (TPSA) is 92.6 Å². The molecule has 0 saturated heterocycles. The molecule has 8 nitrogen and oxygen atoms in total. The lowest BCUT2D eigenvalue weighted by atomic mass is 10.1. The van der Waals surface area contributed by atoms with Crippen molar-refractivity contribution in [2.24, 2.45) is 10.3 Å². The molecule has 2 aromatic rings. The molecule has 2 aromatic carbocycles. The van der Waals surface area contributed by atoms with E-state index in [2.05, 4.69) is 70.8 Å². The average molecular weight is 443 g/mol. The van der Waals surface area contributed by atoms with Crippen molar-refractivity contribution < 1.29 is 9.90 Å². The monoisotopic (exact) mass is 442 g/mol. The van der Waals surface area contributed by atoms with Crippen LogP contribution in [0.25, 0.3) is 0 Å². The fourth-order valence-electron chi connectivity index (χ4n) is 3.75. The van der Waals surface area contributed by atoms with Crippen molar-refractivity contribution in [1.82, 2.24) is 5.53 Å². The number of anilines is 3. The van der Waals surface area contributed by atoms with Crippen molar-refractivity contribution in [3.05, 3.63) is 53.6 Å². The van der Waals surface area contributed by atoms with Crippen LogP contribution in [0.5, 0.6) is 0 Å². The third-order valence-corrected chi connectivity index (χ3v) is 5.51. The smallest absolute Gasteiger partial charge is 0.303 e. The number of thiol groups is 1. The van der Waals surface area contributed by atoms with Crippen LogP contribution >= 0.6 is 12.6 Å². The molecular weight excluding hydrogens is 412 g/mol. The van der Waals surface area contributed by atoms with Gasteiger partial charge in [0.25, 0.3) is 0 Å². The molecule has 9 heteroatoms. The fourth-order valence-corrected chi connectivity index (χ4v) is 3.99. The summed E-state index contributed by atoms with van der Waals surface area (Å²) in [5.41, 5.74) is 8.07. The number of hydrogen-bond donors (Lipinski definition) is 4. The normalized spacial score (nSPS) is 15.1. The van der Waals surface area contributed by atoms with E-state index in [1.54, 1.807) is 5.01 Å². The van der Waals surface area contributed by atoms with Gasteiger partial charge in [-0.1, -0.05) is 29.5 Å². The minimum atomic E-state index is -0.750. The van der Waals surface area contributed by atoms with Crippen molar-refractivity contribution in [1.29, 1.82) is 0 Å². The van der Waals surface area contributed by atoms with Gasteiger partial charge in [0.05, 0.1) is 5.69 Å². The second kappa shape index (κ2) is 10.9. The average Bonchev–Trinajstić information content (AvgIpc) is 3.16. The Hall–Kier alpha value is -2.94. The Morgan fingerprint density at radius 1 is 1.19 bits per heavy atom. The van der Waals surface area contributed by atoms with Gasteiger partial charge in [-0.25, -0.2) is 5.01 Å². The van der Waals surface area contributed by atoms with Gasteiger partial charge in [0.15, 0.2) is 0 Å². The molecule has 0 fully saturated rings. The number of carbonyl (C=O) groups is 1. The number of hydrogen-bond acceptors (Lipinski definition) is 8. The summed E-state index contributed by atoms with van der Waals surface area (Å²) < 4.78 is 0. The molecular formula is C22H30N6O2S. The quantitative estimate of drug-likeness (QED) is 0.305. The largest absolute Gasteiger partial charge is 0.481 e. The number of nitrogens with zero attached hydrogens (tertiary/aromatic N) is 4. The fraction of sp³-hybridized carbons (Fsp3) is 0.409. The van der Waals surface area contributed by atoms with Gasteiger partial charge in [0.2, 0.25) is 5.50 Å². The number of benzene rings is 2. The number of carboxylic acids is 1. The van der Waals surface area contributed by atoms with Gasteiger partial charge >= 0.3 is 5.97 Å². The van der Waals surface area contributed by atoms with Crippen LogP contribution in [0.1, 0.15) is 30.4 Å². The first-order valence-electron chi connectivity index (χ1n) is 10.5. The molecule has 3 rings (SSSR count). The number of hydrazine groups is 1. The summed E-state index contributed by atoms with van der Waals surface area (Å²) in [5.74, 6) is -0.750. The van der Waals surface area contributed by atoms with Crippen molar-refractivity contribution in [3.8, 4) is 0 Å². The van der Waals surface area contributed by atoms with E-state index in [1.807, 2.05) is 24.3 Å². The second-order valence-corrected chi connectivity index (χ2v) is 8.05. The Bertz CT molecular complexity index is 902. The highest BCUT2D eigenvalue weighted by Gasteiger charge is 2.19. The van der Waals surface area contributed by atoms with E-state index in [-0.39, 0.29) is 11.9 Å². The lowest BCUT2D eigenvalue weighted by molar-refractivity contribution is -0.137. The lowest BCUT2D eigenvalue weighted by Gasteiger charge is -2.28. The first-order valence-corrected chi connectivity index (χ1v) is 11.0. The van der Waals surface area contributed by atoms with Crippen LogP contribution in [0, 0.1) is 13.8 Å². The molecule has 0 spiro atoms. The molecule has 166 valence electrons. The zero-order valence-corrected chi connectivity index (χ0v) is 18.8. The van der Waals surface area contributed by atoms with Gasteiger partial charge < -0.3 is 15.3 Å². The zero-order chi connectivity index (χ0) is 22.2. The van der Waals surface area contributed by atoms with Gasteiger partial charge in [0, 0.05) is 37.4 Å². The summed E-state index contributed by atoms with van der Waals surface area (Å²) in [6, 6.07) is 14.3. The number of rotatable bonds is 11. The highest BCUT2D eigenvalue weighted by atomic mass is 32.1. The van der Waals surface area contributed by atoms with Crippen molar-refractivity contribution in [3.63, 3.8) is 0 Å². The Morgan fingerprint density at radius 3 is 2.58 bits per heavy atom. The molecule has 0 radical (unpaired) electrons. The van der Waals surface area contributed by atoms with E-state index in [4.69, 9.17) is 5.11 Å². The van der Waals surface area contributed by atoms with Crippen molar-refractivity contribution in [2.75, 3.05) is 34.9 Å². The Morgan fingerprint density at radius 2 is 1.90 bits per heavy atom. The maximum atomic E-state index is 11.0. The van der Waals surface area contributed by atoms with Crippen LogP contribution in [0.2, 0.25) is 0 Å². The first kappa shape index (κ1) is 22.7. The molecule has 31 heavy (non-hydrogen) atoms. The molecule has 0 saturated carbocycles. The number of nitrogens with one attached hydrogen (secondary N) is 2.